The molecule has 0 fully saturated rings. The lowest BCUT2D eigenvalue weighted by molar-refractivity contribution is -0.384. The Morgan fingerprint density at radius 1 is 1.37 bits per heavy atom. The van der Waals surface area contributed by atoms with Crippen molar-refractivity contribution in [3.63, 3.8) is 0 Å². The average Bonchev–Trinajstić information content (AvgIpc) is 2.38. The maximum Gasteiger partial charge on any atom is 0.271 e. The van der Waals surface area contributed by atoms with E-state index in [1.165, 1.54) is 12.1 Å². The Labute approximate surface area is 115 Å². The largest absolute Gasteiger partial charge is 0.370 e. The molecule has 1 aromatic heterocycles. The van der Waals surface area contributed by atoms with Crippen molar-refractivity contribution in [1.82, 2.24) is 4.98 Å². The van der Waals surface area contributed by atoms with Crippen LogP contribution in [0, 0.1) is 10.1 Å². The zero-order chi connectivity index (χ0) is 14.0. The predicted molar refractivity (Wildman–Crippen MR) is 76.9 cm³/mol. The summed E-state index contributed by atoms with van der Waals surface area (Å²) in [5.41, 5.74) is 1.59. The van der Waals surface area contributed by atoms with Crippen LogP contribution in [0.2, 0.25) is 5.02 Å². The first-order valence-corrected chi connectivity index (χ1v) is 6.46. The number of benzene rings is 1. The highest BCUT2D eigenvalue weighted by molar-refractivity contribution is 6.35. The van der Waals surface area contributed by atoms with E-state index in [0.717, 1.165) is 24.3 Å². The molecule has 0 radical (unpaired) electrons. The van der Waals surface area contributed by atoms with E-state index < -0.39 is 4.92 Å². The quantitative estimate of drug-likeness (QED) is 0.683. The van der Waals surface area contributed by atoms with Crippen LogP contribution in [0.15, 0.2) is 18.2 Å². The predicted octanol–water partition coefficient (Wildman–Crippen LogP) is 3.79. The van der Waals surface area contributed by atoms with E-state index in [1.807, 2.05) is 19.9 Å². The summed E-state index contributed by atoms with van der Waals surface area (Å²) in [4.78, 5) is 14.9. The van der Waals surface area contributed by atoms with Crippen molar-refractivity contribution in [3.8, 4) is 0 Å². The molecule has 19 heavy (non-hydrogen) atoms. The molecule has 0 aliphatic carbocycles. The highest BCUT2D eigenvalue weighted by atomic mass is 35.5. The molecule has 6 heteroatoms. The smallest absolute Gasteiger partial charge is 0.271 e. The Morgan fingerprint density at radius 3 is 2.68 bits per heavy atom. The van der Waals surface area contributed by atoms with Crippen LogP contribution in [0.1, 0.15) is 19.4 Å². The van der Waals surface area contributed by atoms with Gasteiger partial charge in [-0.15, -0.1) is 0 Å². The van der Waals surface area contributed by atoms with Crippen LogP contribution in [-0.4, -0.2) is 16.5 Å². The van der Waals surface area contributed by atoms with Crippen molar-refractivity contribution in [2.45, 2.75) is 20.3 Å². The van der Waals surface area contributed by atoms with Crippen molar-refractivity contribution in [1.29, 1.82) is 0 Å². The minimum absolute atomic E-state index is 0.0162. The summed E-state index contributed by atoms with van der Waals surface area (Å²) in [6, 6.07) is 4.74. The number of fused-ring (bicyclic) bond motifs is 1. The van der Waals surface area contributed by atoms with E-state index in [1.54, 1.807) is 0 Å². The van der Waals surface area contributed by atoms with Gasteiger partial charge in [0.25, 0.3) is 5.69 Å². The van der Waals surface area contributed by atoms with Crippen molar-refractivity contribution < 1.29 is 4.92 Å². The van der Waals surface area contributed by atoms with Gasteiger partial charge in [0.2, 0.25) is 0 Å². The van der Waals surface area contributed by atoms with Crippen LogP contribution in [0.25, 0.3) is 10.9 Å². The fraction of sp³-hybridized carbons (Fsp3) is 0.308. The summed E-state index contributed by atoms with van der Waals surface area (Å²) in [6.45, 7) is 4.77. The molecule has 0 atom stereocenters. The lowest BCUT2D eigenvalue weighted by Crippen LogP contribution is -2.03. The number of halogens is 1. The van der Waals surface area contributed by atoms with E-state index in [2.05, 4.69) is 10.3 Å². The molecular weight excluding hydrogens is 266 g/mol. The topological polar surface area (TPSA) is 68.1 Å². The maximum atomic E-state index is 10.8. The summed E-state index contributed by atoms with van der Waals surface area (Å²) in [5.74, 6) is 0.785. The summed E-state index contributed by atoms with van der Waals surface area (Å²) in [7, 11) is 0. The monoisotopic (exact) mass is 279 g/mol. The molecule has 0 amide bonds. The van der Waals surface area contributed by atoms with E-state index in [9.17, 15) is 10.1 Å². The molecule has 5 nitrogen and oxygen atoms in total. The number of hydrogen-bond acceptors (Lipinski definition) is 4. The first kappa shape index (κ1) is 13.5. The van der Waals surface area contributed by atoms with Gasteiger partial charge in [0, 0.05) is 24.1 Å². The van der Waals surface area contributed by atoms with Crippen molar-refractivity contribution >= 4 is 34.0 Å². The SMILES string of the molecule is CCNc1nc2c(Cl)cc([N+](=O)[O-])cc2cc1CC. The van der Waals surface area contributed by atoms with Gasteiger partial charge in [-0.05, 0) is 25.0 Å². The van der Waals surface area contributed by atoms with Crippen LogP contribution in [-0.2, 0) is 6.42 Å². The Kier molecular flexibility index (Phi) is 3.85. The molecule has 0 spiro atoms. The third-order valence-electron chi connectivity index (χ3n) is 2.87. The van der Waals surface area contributed by atoms with E-state index in [-0.39, 0.29) is 5.69 Å². The van der Waals surface area contributed by atoms with Gasteiger partial charge >= 0.3 is 0 Å². The van der Waals surface area contributed by atoms with Crippen molar-refractivity contribution in [3.05, 3.63) is 38.9 Å². The highest BCUT2D eigenvalue weighted by Crippen LogP contribution is 2.30. The Morgan fingerprint density at radius 2 is 2.11 bits per heavy atom. The number of pyridine rings is 1. The van der Waals surface area contributed by atoms with Gasteiger partial charge in [-0.3, -0.25) is 10.1 Å². The molecule has 1 heterocycles. The Balaban J connectivity index is 2.70. The molecule has 0 bridgehead atoms. The molecule has 2 rings (SSSR count). The number of hydrogen-bond donors (Lipinski definition) is 1. The molecular formula is C13H14ClN3O2. The molecule has 0 unspecified atom stereocenters. The van der Waals surface area contributed by atoms with Gasteiger partial charge in [0.05, 0.1) is 15.5 Å². The van der Waals surface area contributed by atoms with Gasteiger partial charge in [-0.2, -0.15) is 0 Å². The Hall–Kier alpha value is -1.88. The number of aryl methyl sites for hydroxylation is 1. The number of aromatic nitrogens is 1. The second-order valence-electron chi connectivity index (χ2n) is 4.14. The average molecular weight is 280 g/mol. The molecule has 1 N–H and O–H groups in total. The minimum Gasteiger partial charge on any atom is -0.370 e. The van der Waals surface area contributed by atoms with Gasteiger partial charge < -0.3 is 5.32 Å². The van der Waals surface area contributed by atoms with E-state index >= 15 is 0 Å². The zero-order valence-corrected chi connectivity index (χ0v) is 11.5. The normalized spacial score (nSPS) is 10.7. The number of nitrogens with one attached hydrogen (secondary N) is 1. The van der Waals surface area contributed by atoms with Gasteiger partial charge in [0.1, 0.15) is 5.82 Å². The number of nitro groups is 1. The van der Waals surface area contributed by atoms with Crippen molar-refractivity contribution in [2.24, 2.45) is 0 Å². The van der Waals surface area contributed by atoms with E-state index in [4.69, 9.17) is 11.6 Å². The first-order chi connectivity index (χ1) is 9.06. The van der Waals surface area contributed by atoms with Crippen molar-refractivity contribution in [2.75, 3.05) is 11.9 Å². The number of nitro benzene ring substituents is 1. The lowest BCUT2D eigenvalue weighted by Gasteiger charge is -2.10. The fourth-order valence-electron chi connectivity index (χ4n) is 1.97. The number of non-ortho nitro benzene ring substituents is 1. The standard InChI is InChI=1S/C13H14ClN3O2/c1-3-8-5-9-6-10(17(18)19)7-11(14)12(9)16-13(8)15-4-2/h5-7H,3-4H2,1-2H3,(H,15,16). The molecule has 0 saturated carbocycles. The van der Waals surface area contributed by atoms with Gasteiger partial charge in [-0.25, -0.2) is 4.98 Å². The summed E-state index contributed by atoms with van der Waals surface area (Å²) < 4.78 is 0. The van der Waals surface area contributed by atoms with Gasteiger partial charge in [-0.1, -0.05) is 18.5 Å². The minimum atomic E-state index is -0.449. The molecule has 0 aliphatic rings. The second kappa shape index (κ2) is 5.40. The van der Waals surface area contributed by atoms with Crippen LogP contribution >= 0.6 is 11.6 Å². The third kappa shape index (κ3) is 2.61. The molecule has 100 valence electrons. The van der Waals surface area contributed by atoms with Crippen LogP contribution in [0.4, 0.5) is 11.5 Å². The lowest BCUT2D eigenvalue weighted by atomic mass is 10.1. The summed E-state index contributed by atoms with van der Waals surface area (Å²) in [5, 5.41) is 15.0. The zero-order valence-electron chi connectivity index (χ0n) is 10.7. The third-order valence-corrected chi connectivity index (χ3v) is 3.16. The van der Waals surface area contributed by atoms with E-state index in [0.29, 0.717) is 15.9 Å². The number of nitrogens with zero attached hydrogens (tertiary/aromatic N) is 2. The van der Waals surface area contributed by atoms with Gasteiger partial charge in [0.15, 0.2) is 0 Å². The number of rotatable bonds is 4. The maximum absolute atomic E-state index is 10.8. The van der Waals surface area contributed by atoms with Crippen LogP contribution in [0.3, 0.4) is 0 Å². The Bertz CT molecular complexity index is 643. The van der Waals surface area contributed by atoms with Crippen LogP contribution in [0.5, 0.6) is 0 Å². The fourth-order valence-corrected chi connectivity index (χ4v) is 2.23. The summed E-state index contributed by atoms with van der Waals surface area (Å²) in [6.07, 6.45) is 0.797. The molecule has 2 aromatic rings. The highest BCUT2D eigenvalue weighted by Gasteiger charge is 2.13. The van der Waals surface area contributed by atoms with Crippen LogP contribution < -0.4 is 5.32 Å². The second-order valence-corrected chi connectivity index (χ2v) is 4.54. The first-order valence-electron chi connectivity index (χ1n) is 6.08. The molecule has 0 saturated heterocycles. The number of anilines is 1. The molecule has 1 aromatic carbocycles. The molecule has 0 aliphatic heterocycles. The summed E-state index contributed by atoms with van der Waals surface area (Å²) >= 11 is 6.08.